The van der Waals surface area contributed by atoms with Gasteiger partial charge in [0.1, 0.15) is 11.4 Å². The second-order valence-electron chi connectivity index (χ2n) is 9.78. The lowest BCUT2D eigenvalue weighted by atomic mass is 9.92. The molecular formula is C29H36N4O3. The summed E-state index contributed by atoms with van der Waals surface area (Å²) in [6.07, 6.45) is 5.24. The van der Waals surface area contributed by atoms with Crippen LogP contribution in [-0.2, 0) is 11.3 Å². The van der Waals surface area contributed by atoms with E-state index >= 15 is 0 Å². The number of morpholine rings is 1. The molecule has 2 aliphatic rings. The molecule has 190 valence electrons. The van der Waals surface area contributed by atoms with Crippen LogP contribution >= 0.6 is 0 Å². The Hall–Kier alpha value is -3.16. The molecule has 2 aliphatic heterocycles. The van der Waals surface area contributed by atoms with Crippen LogP contribution < -0.4 is 4.74 Å². The zero-order valence-corrected chi connectivity index (χ0v) is 21.1. The van der Waals surface area contributed by atoms with E-state index in [1.807, 2.05) is 58.2 Å². The number of carbonyl (C=O) groups is 1. The Morgan fingerprint density at radius 2 is 1.72 bits per heavy atom. The quantitative estimate of drug-likeness (QED) is 0.476. The maximum absolute atomic E-state index is 13.7. The molecule has 1 amide bonds. The smallest absolute Gasteiger partial charge is 0.257 e. The molecule has 2 aromatic carbocycles. The predicted octanol–water partition coefficient (Wildman–Crippen LogP) is 4.18. The summed E-state index contributed by atoms with van der Waals surface area (Å²) in [5.41, 5.74) is 3.48. The summed E-state index contributed by atoms with van der Waals surface area (Å²) in [5, 5.41) is 4.86. The van der Waals surface area contributed by atoms with Crippen LogP contribution in [0.1, 0.15) is 35.2 Å². The van der Waals surface area contributed by atoms with Gasteiger partial charge in [-0.1, -0.05) is 30.3 Å². The molecule has 3 heterocycles. The third-order valence-electron chi connectivity index (χ3n) is 7.40. The van der Waals surface area contributed by atoms with Crippen molar-refractivity contribution in [1.82, 2.24) is 19.6 Å². The molecule has 2 saturated heterocycles. The van der Waals surface area contributed by atoms with Crippen molar-refractivity contribution in [3.63, 3.8) is 0 Å². The molecule has 2 fully saturated rings. The zero-order valence-electron chi connectivity index (χ0n) is 21.1. The fraction of sp³-hybridized carbons (Fsp3) is 0.448. The van der Waals surface area contributed by atoms with Crippen molar-refractivity contribution >= 4 is 5.91 Å². The van der Waals surface area contributed by atoms with Gasteiger partial charge in [0.05, 0.1) is 32.4 Å². The molecule has 0 N–H and O–H groups in total. The van der Waals surface area contributed by atoms with Gasteiger partial charge in [0, 0.05) is 37.9 Å². The van der Waals surface area contributed by atoms with Crippen molar-refractivity contribution in [1.29, 1.82) is 0 Å². The van der Waals surface area contributed by atoms with Crippen molar-refractivity contribution in [3.05, 3.63) is 71.9 Å². The number of rotatable bonds is 8. The Balaban J connectivity index is 1.28. The topological polar surface area (TPSA) is 59.8 Å². The van der Waals surface area contributed by atoms with E-state index in [2.05, 4.69) is 17.0 Å². The molecule has 0 radical (unpaired) electrons. The highest BCUT2D eigenvalue weighted by Crippen LogP contribution is 2.28. The van der Waals surface area contributed by atoms with E-state index in [-0.39, 0.29) is 5.91 Å². The van der Waals surface area contributed by atoms with Crippen LogP contribution in [0.25, 0.3) is 11.3 Å². The van der Waals surface area contributed by atoms with E-state index in [0.717, 1.165) is 81.3 Å². The minimum atomic E-state index is 0.0757. The van der Waals surface area contributed by atoms with Crippen molar-refractivity contribution in [2.75, 3.05) is 53.0 Å². The van der Waals surface area contributed by atoms with E-state index in [4.69, 9.17) is 14.6 Å². The van der Waals surface area contributed by atoms with Gasteiger partial charge in [-0.3, -0.25) is 14.4 Å². The molecule has 36 heavy (non-hydrogen) atoms. The summed E-state index contributed by atoms with van der Waals surface area (Å²) in [7, 11) is 1.66. The highest BCUT2D eigenvalue weighted by molar-refractivity contribution is 5.99. The molecule has 0 bridgehead atoms. The normalized spacial score (nSPS) is 17.3. The third kappa shape index (κ3) is 5.97. The van der Waals surface area contributed by atoms with Crippen LogP contribution in [0, 0.1) is 5.92 Å². The lowest BCUT2D eigenvalue weighted by Gasteiger charge is -2.34. The van der Waals surface area contributed by atoms with E-state index in [0.29, 0.717) is 18.0 Å². The van der Waals surface area contributed by atoms with Crippen LogP contribution in [0.4, 0.5) is 0 Å². The predicted molar refractivity (Wildman–Crippen MR) is 140 cm³/mol. The van der Waals surface area contributed by atoms with Gasteiger partial charge >= 0.3 is 0 Å². The van der Waals surface area contributed by atoms with E-state index in [1.54, 1.807) is 7.11 Å². The summed E-state index contributed by atoms with van der Waals surface area (Å²) in [5.74, 6) is 1.54. The molecule has 3 aromatic rings. The zero-order chi connectivity index (χ0) is 24.7. The van der Waals surface area contributed by atoms with Crippen molar-refractivity contribution < 1.29 is 14.3 Å². The highest BCUT2D eigenvalue weighted by Gasteiger charge is 2.27. The standard InChI is InChI=1S/C29H36N4O3/c1-35-26-9-7-25(8-10-26)28-27(22-33(30-28)21-24-5-3-2-4-6-24)29(34)32-15-12-23(13-16-32)11-14-31-17-19-36-20-18-31/h2-10,22-23H,11-21H2,1H3. The number of hydrogen-bond donors (Lipinski definition) is 0. The van der Waals surface area contributed by atoms with E-state index < -0.39 is 0 Å². The monoisotopic (exact) mass is 488 g/mol. The number of amides is 1. The first kappa shape index (κ1) is 24.5. The molecule has 5 rings (SSSR count). The van der Waals surface area contributed by atoms with Crippen LogP contribution in [-0.4, -0.2) is 78.5 Å². The van der Waals surface area contributed by atoms with Gasteiger partial charge in [0.25, 0.3) is 5.91 Å². The average Bonchev–Trinajstić information content (AvgIpc) is 3.36. The maximum atomic E-state index is 13.7. The van der Waals surface area contributed by atoms with Crippen LogP contribution in [0.15, 0.2) is 60.8 Å². The first-order valence-corrected chi connectivity index (χ1v) is 13.0. The van der Waals surface area contributed by atoms with Gasteiger partial charge in [-0.2, -0.15) is 5.10 Å². The molecule has 0 spiro atoms. The molecule has 1 aromatic heterocycles. The first-order valence-electron chi connectivity index (χ1n) is 13.0. The Bertz CT molecular complexity index is 1120. The van der Waals surface area contributed by atoms with E-state index in [9.17, 15) is 4.79 Å². The Kier molecular flexibility index (Phi) is 7.98. The number of piperidine rings is 1. The summed E-state index contributed by atoms with van der Waals surface area (Å²) in [6.45, 7) is 7.15. The second kappa shape index (κ2) is 11.7. The Morgan fingerprint density at radius 1 is 1.00 bits per heavy atom. The van der Waals surface area contributed by atoms with Gasteiger partial charge in [-0.05, 0) is 61.6 Å². The third-order valence-corrected chi connectivity index (χ3v) is 7.40. The van der Waals surface area contributed by atoms with Gasteiger partial charge in [0.15, 0.2) is 0 Å². The number of carbonyl (C=O) groups excluding carboxylic acids is 1. The molecular weight excluding hydrogens is 452 g/mol. The van der Waals surface area contributed by atoms with Gasteiger partial charge in [-0.25, -0.2) is 0 Å². The van der Waals surface area contributed by atoms with Crippen LogP contribution in [0.3, 0.4) is 0 Å². The minimum absolute atomic E-state index is 0.0757. The largest absolute Gasteiger partial charge is 0.497 e. The van der Waals surface area contributed by atoms with Gasteiger partial charge < -0.3 is 14.4 Å². The van der Waals surface area contributed by atoms with E-state index in [1.165, 1.54) is 6.42 Å². The van der Waals surface area contributed by atoms with Crippen LogP contribution in [0.2, 0.25) is 0 Å². The van der Waals surface area contributed by atoms with Crippen molar-refractivity contribution in [3.8, 4) is 17.0 Å². The number of hydrogen-bond acceptors (Lipinski definition) is 5. The molecule has 0 unspecified atom stereocenters. The fourth-order valence-electron chi connectivity index (χ4n) is 5.18. The lowest BCUT2D eigenvalue weighted by Crippen LogP contribution is -2.40. The number of benzene rings is 2. The molecule has 0 atom stereocenters. The minimum Gasteiger partial charge on any atom is -0.497 e. The fourth-order valence-corrected chi connectivity index (χ4v) is 5.18. The Labute approximate surface area is 213 Å². The number of aromatic nitrogens is 2. The SMILES string of the molecule is COc1ccc(-c2nn(Cc3ccccc3)cc2C(=O)N2CCC(CCN3CCOCC3)CC2)cc1. The molecule has 7 heteroatoms. The first-order chi connectivity index (χ1) is 17.7. The molecule has 0 aliphatic carbocycles. The molecule has 7 nitrogen and oxygen atoms in total. The summed E-state index contributed by atoms with van der Waals surface area (Å²) in [6, 6.07) is 18.0. The number of likely N-dealkylation sites (tertiary alicyclic amines) is 1. The van der Waals surface area contributed by atoms with Crippen molar-refractivity contribution in [2.45, 2.75) is 25.8 Å². The highest BCUT2D eigenvalue weighted by atomic mass is 16.5. The maximum Gasteiger partial charge on any atom is 0.257 e. The summed E-state index contributed by atoms with van der Waals surface area (Å²) >= 11 is 0. The van der Waals surface area contributed by atoms with Crippen LogP contribution in [0.5, 0.6) is 5.75 Å². The number of ether oxygens (including phenoxy) is 2. The van der Waals surface area contributed by atoms with Gasteiger partial charge in [0.2, 0.25) is 0 Å². The lowest BCUT2D eigenvalue weighted by molar-refractivity contribution is 0.0332. The summed E-state index contributed by atoms with van der Waals surface area (Å²) < 4.78 is 12.7. The molecule has 0 saturated carbocycles. The number of methoxy groups -OCH3 is 1. The number of nitrogens with zero attached hydrogens (tertiary/aromatic N) is 4. The Morgan fingerprint density at radius 3 is 2.42 bits per heavy atom. The summed E-state index contributed by atoms with van der Waals surface area (Å²) in [4.78, 5) is 18.2. The van der Waals surface area contributed by atoms with Crippen molar-refractivity contribution in [2.24, 2.45) is 5.92 Å². The average molecular weight is 489 g/mol. The van der Waals surface area contributed by atoms with Gasteiger partial charge in [-0.15, -0.1) is 0 Å². The second-order valence-corrected chi connectivity index (χ2v) is 9.78.